The lowest BCUT2D eigenvalue weighted by molar-refractivity contribution is -0.139. The molecule has 2 N–H and O–H groups in total. The Morgan fingerprint density at radius 2 is 1.75 bits per heavy atom. The Bertz CT molecular complexity index is 649. The van der Waals surface area contributed by atoms with Crippen molar-refractivity contribution in [3.8, 4) is 0 Å². The van der Waals surface area contributed by atoms with Crippen molar-refractivity contribution >= 4 is 17.5 Å². The number of aryl methyl sites for hydroxylation is 1. The molecule has 0 aliphatic heterocycles. The first-order valence-corrected chi connectivity index (χ1v) is 7.91. The molecule has 6 heteroatoms. The fourth-order valence-corrected chi connectivity index (χ4v) is 2.20. The lowest BCUT2D eigenvalue weighted by Crippen LogP contribution is -2.39. The third kappa shape index (κ3) is 5.46. The van der Waals surface area contributed by atoms with Gasteiger partial charge in [-0.05, 0) is 42.7 Å². The number of anilines is 1. The molecule has 1 aromatic heterocycles. The summed E-state index contributed by atoms with van der Waals surface area (Å²) < 4.78 is 5.08. The largest absolute Gasteiger partial charge is 0.467 e. The number of carbonyl (C=O) groups excluding carboxylic acids is 2. The summed E-state index contributed by atoms with van der Waals surface area (Å²) in [6.07, 6.45) is 3.15. The van der Waals surface area contributed by atoms with Gasteiger partial charge in [-0.2, -0.15) is 0 Å². The maximum absolute atomic E-state index is 11.7. The Hall–Kier alpha value is -2.76. The summed E-state index contributed by atoms with van der Waals surface area (Å²) in [7, 11) is 4.00. The molecule has 6 nitrogen and oxygen atoms in total. The fraction of sp³-hybridized carbons (Fsp3) is 0.333. The Morgan fingerprint density at radius 3 is 2.38 bits per heavy atom. The SMILES string of the molecule is CN(C)c1ccc(CCCNC(=O)C(=O)NCc2ccco2)cc1. The molecule has 0 saturated heterocycles. The van der Waals surface area contributed by atoms with E-state index in [1.807, 2.05) is 19.0 Å². The number of hydrogen-bond donors (Lipinski definition) is 2. The van der Waals surface area contributed by atoms with Gasteiger partial charge < -0.3 is 20.0 Å². The van der Waals surface area contributed by atoms with Gasteiger partial charge >= 0.3 is 11.8 Å². The van der Waals surface area contributed by atoms with Crippen LogP contribution in [0.3, 0.4) is 0 Å². The highest BCUT2D eigenvalue weighted by Gasteiger charge is 2.12. The minimum atomic E-state index is -0.651. The molecule has 128 valence electrons. The summed E-state index contributed by atoms with van der Waals surface area (Å²) in [5, 5.41) is 5.13. The summed E-state index contributed by atoms with van der Waals surface area (Å²) in [5.74, 6) is -0.663. The minimum Gasteiger partial charge on any atom is -0.467 e. The van der Waals surface area contributed by atoms with E-state index >= 15 is 0 Å². The molecule has 1 heterocycles. The van der Waals surface area contributed by atoms with Crippen molar-refractivity contribution in [2.75, 3.05) is 25.5 Å². The maximum Gasteiger partial charge on any atom is 0.309 e. The molecule has 0 fully saturated rings. The van der Waals surface area contributed by atoms with Crippen LogP contribution in [0.4, 0.5) is 5.69 Å². The maximum atomic E-state index is 11.7. The standard InChI is InChI=1S/C18H23N3O3/c1-21(2)15-9-7-14(8-10-15)5-3-11-19-17(22)18(23)20-13-16-6-4-12-24-16/h4,6-10,12H,3,5,11,13H2,1-2H3,(H,19,22)(H,20,23). The first kappa shape index (κ1) is 17.6. The number of rotatable bonds is 7. The Labute approximate surface area is 141 Å². The van der Waals surface area contributed by atoms with E-state index in [9.17, 15) is 9.59 Å². The van der Waals surface area contributed by atoms with Crippen molar-refractivity contribution in [3.05, 3.63) is 54.0 Å². The molecule has 0 atom stereocenters. The minimum absolute atomic E-state index is 0.206. The Kier molecular flexibility index (Phi) is 6.42. The highest BCUT2D eigenvalue weighted by molar-refractivity contribution is 6.35. The van der Waals surface area contributed by atoms with E-state index < -0.39 is 11.8 Å². The van der Waals surface area contributed by atoms with Gasteiger partial charge in [0.15, 0.2) is 0 Å². The van der Waals surface area contributed by atoms with Gasteiger partial charge in [-0.3, -0.25) is 9.59 Å². The van der Waals surface area contributed by atoms with Crippen molar-refractivity contribution in [1.29, 1.82) is 0 Å². The molecule has 0 aliphatic rings. The summed E-state index contributed by atoms with van der Waals surface area (Å²) in [6.45, 7) is 0.667. The van der Waals surface area contributed by atoms with Crippen LogP contribution in [-0.4, -0.2) is 32.5 Å². The Morgan fingerprint density at radius 1 is 1.04 bits per heavy atom. The van der Waals surface area contributed by atoms with Crippen molar-refractivity contribution in [2.24, 2.45) is 0 Å². The average molecular weight is 329 g/mol. The van der Waals surface area contributed by atoms with Gasteiger partial charge in [0.25, 0.3) is 0 Å². The lowest BCUT2D eigenvalue weighted by atomic mass is 10.1. The van der Waals surface area contributed by atoms with Crippen LogP contribution in [0.1, 0.15) is 17.7 Å². The quantitative estimate of drug-likeness (QED) is 0.599. The van der Waals surface area contributed by atoms with E-state index in [0.29, 0.717) is 12.3 Å². The van der Waals surface area contributed by atoms with Crippen LogP contribution in [0.25, 0.3) is 0 Å². The Balaban J connectivity index is 1.64. The van der Waals surface area contributed by atoms with Crippen molar-refractivity contribution in [1.82, 2.24) is 10.6 Å². The second kappa shape index (κ2) is 8.76. The first-order chi connectivity index (χ1) is 11.6. The summed E-state index contributed by atoms with van der Waals surface area (Å²) in [6, 6.07) is 11.7. The molecular formula is C18H23N3O3. The van der Waals surface area contributed by atoms with Gasteiger partial charge in [-0.15, -0.1) is 0 Å². The number of carbonyl (C=O) groups is 2. The second-order valence-corrected chi connectivity index (χ2v) is 5.68. The van der Waals surface area contributed by atoms with Gasteiger partial charge in [-0.25, -0.2) is 0 Å². The van der Waals surface area contributed by atoms with Crippen molar-refractivity contribution in [3.63, 3.8) is 0 Å². The second-order valence-electron chi connectivity index (χ2n) is 5.68. The molecule has 2 rings (SSSR count). The van der Waals surface area contributed by atoms with Crippen LogP contribution in [0.2, 0.25) is 0 Å². The third-order valence-electron chi connectivity index (χ3n) is 3.59. The molecular weight excluding hydrogens is 306 g/mol. The molecule has 2 aromatic rings. The molecule has 0 saturated carbocycles. The van der Waals surface area contributed by atoms with E-state index in [-0.39, 0.29) is 6.54 Å². The molecule has 0 spiro atoms. The van der Waals surface area contributed by atoms with Crippen LogP contribution in [0, 0.1) is 0 Å². The van der Waals surface area contributed by atoms with Crippen LogP contribution >= 0.6 is 0 Å². The normalized spacial score (nSPS) is 10.2. The van der Waals surface area contributed by atoms with E-state index in [1.165, 1.54) is 11.8 Å². The zero-order chi connectivity index (χ0) is 17.4. The number of amides is 2. The van der Waals surface area contributed by atoms with E-state index in [0.717, 1.165) is 18.5 Å². The summed E-state index contributed by atoms with van der Waals surface area (Å²) in [4.78, 5) is 25.4. The summed E-state index contributed by atoms with van der Waals surface area (Å²) in [5.41, 5.74) is 2.36. The average Bonchev–Trinajstić information content (AvgIpc) is 3.10. The molecule has 24 heavy (non-hydrogen) atoms. The fourth-order valence-electron chi connectivity index (χ4n) is 2.20. The van der Waals surface area contributed by atoms with Gasteiger partial charge in [0.1, 0.15) is 5.76 Å². The number of nitrogens with one attached hydrogen (secondary N) is 2. The zero-order valence-corrected chi connectivity index (χ0v) is 14.0. The highest BCUT2D eigenvalue weighted by atomic mass is 16.3. The highest BCUT2D eigenvalue weighted by Crippen LogP contribution is 2.13. The number of furan rings is 1. The van der Waals surface area contributed by atoms with Crippen LogP contribution < -0.4 is 15.5 Å². The smallest absolute Gasteiger partial charge is 0.309 e. The lowest BCUT2D eigenvalue weighted by Gasteiger charge is -2.12. The number of nitrogens with zero attached hydrogens (tertiary/aromatic N) is 1. The van der Waals surface area contributed by atoms with Crippen LogP contribution in [0.15, 0.2) is 47.1 Å². The number of benzene rings is 1. The monoisotopic (exact) mass is 329 g/mol. The van der Waals surface area contributed by atoms with Gasteiger partial charge in [-0.1, -0.05) is 12.1 Å². The van der Waals surface area contributed by atoms with Crippen LogP contribution in [-0.2, 0) is 22.6 Å². The van der Waals surface area contributed by atoms with Gasteiger partial charge in [0.05, 0.1) is 12.8 Å². The van der Waals surface area contributed by atoms with Gasteiger partial charge in [0.2, 0.25) is 0 Å². The van der Waals surface area contributed by atoms with Gasteiger partial charge in [0, 0.05) is 26.3 Å². The summed E-state index contributed by atoms with van der Waals surface area (Å²) >= 11 is 0. The number of hydrogen-bond acceptors (Lipinski definition) is 4. The van der Waals surface area contributed by atoms with Crippen molar-refractivity contribution < 1.29 is 14.0 Å². The first-order valence-electron chi connectivity index (χ1n) is 7.91. The zero-order valence-electron chi connectivity index (χ0n) is 14.0. The van der Waals surface area contributed by atoms with E-state index in [1.54, 1.807) is 12.1 Å². The van der Waals surface area contributed by atoms with Crippen molar-refractivity contribution in [2.45, 2.75) is 19.4 Å². The van der Waals surface area contributed by atoms with Crippen LogP contribution in [0.5, 0.6) is 0 Å². The predicted octanol–water partition coefficient (Wildman–Crippen LogP) is 1.71. The molecule has 2 amide bonds. The topological polar surface area (TPSA) is 74.6 Å². The molecule has 0 radical (unpaired) electrons. The molecule has 0 bridgehead atoms. The predicted molar refractivity (Wildman–Crippen MR) is 92.7 cm³/mol. The van der Waals surface area contributed by atoms with E-state index in [4.69, 9.17) is 4.42 Å². The molecule has 1 aromatic carbocycles. The van der Waals surface area contributed by atoms with E-state index in [2.05, 4.69) is 34.9 Å². The third-order valence-corrected chi connectivity index (χ3v) is 3.59. The molecule has 0 aliphatic carbocycles. The molecule has 0 unspecified atom stereocenters.